The van der Waals surface area contributed by atoms with Crippen molar-refractivity contribution in [3.05, 3.63) is 35.8 Å². The standard InChI is InChI=1S/C26H33F5N6O/c1-25(2)12-16(10-17-4-3-9-37(17)25)34-23-20(28)14-33-24(36-23)35-15-5-6-21(18(11-15)26(29,30)31)38-22-7-8-32-13-19(22)27/h5-6,11,14,16-17,19,22,32H,3-4,7-10,12-13H2,1-2H3,(H2,33,34,35,36). The molecule has 0 amide bonds. The maximum Gasteiger partial charge on any atom is 0.420 e. The molecule has 4 atom stereocenters. The van der Waals surface area contributed by atoms with E-state index in [2.05, 4.69) is 44.7 Å². The minimum absolute atomic E-state index is 0.00387. The van der Waals surface area contributed by atoms with Crippen molar-refractivity contribution in [2.24, 2.45) is 0 Å². The molecule has 0 saturated carbocycles. The van der Waals surface area contributed by atoms with Crippen LogP contribution in [0.4, 0.5) is 39.4 Å². The number of aromatic nitrogens is 2. The van der Waals surface area contributed by atoms with Gasteiger partial charge in [-0.15, -0.1) is 0 Å². The molecule has 208 valence electrons. The Morgan fingerprint density at radius 1 is 1.21 bits per heavy atom. The molecule has 38 heavy (non-hydrogen) atoms. The van der Waals surface area contributed by atoms with Gasteiger partial charge in [0.05, 0.1) is 11.8 Å². The number of halogens is 5. The van der Waals surface area contributed by atoms with Crippen molar-refractivity contribution in [3.63, 3.8) is 0 Å². The number of nitrogens with zero attached hydrogens (tertiary/aromatic N) is 3. The van der Waals surface area contributed by atoms with Gasteiger partial charge in [-0.25, -0.2) is 13.8 Å². The normalized spacial score (nSPS) is 27.6. The van der Waals surface area contributed by atoms with Crippen LogP contribution in [0, 0.1) is 5.82 Å². The molecule has 3 fully saturated rings. The number of benzene rings is 1. The fraction of sp³-hybridized carbons (Fsp3) is 0.615. The van der Waals surface area contributed by atoms with Crippen LogP contribution < -0.4 is 20.7 Å². The van der Waals surface area contributed by atoms with Gasteiger partial charge in [0.25, 0.3) is 0 Å². The predicted molar refractivity (Wildman–Crippen MR) is 134 cm³/mol. The van der Waals surface area contributed by atoms with E-state index in [1.165, 1.54) is 6.07 Å². The second-order valence-electron chi connectivity index (χ2n) is 11.0. The zero-order valence-electron chi connectivity index (χ0n) is 21.4. The Kier molecular flexibility index (Phi) is 7.38. The van der Waals surface area contributed by atoms with E-state index >= 15 is 0 Å². The second kappa shape index (κ2) is 10.4. The van der Waals surface area contributed by atoms with Crippen molar-refractivity contribution in [2.75, 3.05) is 30.3 Å². The first kappa shape index (κ1) is 26.9. The molecule has 12 heteroatoms. The highest BCUT2D eigenvalue weighted by molar-refractivity contribution is 5.59. The zero-order chi connectivity index (χ0) is 27.1. The van der Waals surface area contributed by atoms with Crippen LogP contribution >= 0.6 is 0 Å². The summed E-state index contributed by atoms with van der Waals surface area (Å²) >= 11 is 0. The minimum atomic E-state index is -4.73. The van der Waals surface area contributed by atoms with E-state index in [4.69, 9.17) is 4.74 Å². The van der Waals surface area contributed by atoms with E-state index in [0.717, 1.165) is 50.6 Å². The molecule has 0 radical (unpaired) electrons. The van der Waals surface area contributed by atoms with Gasteiger partial charge in [0.2, 0.25) is 5.95 Å². The van der Waals surface area contributed by atoms with E-state index in [0.29, 0.717) is 12.6 Å². The molecule has 3 aliphatic rings. The van der Waals surface area contributed by atoms with Crippen LogP contribution in [0.1, 0.15) is 51.5 Å². The lowest BCUT2D eigenvalue weighted by Crippen LogP contribution is -2.55. The van der Waals surface area contributed by atoms with Gasteiger partial charge >= 0.3 is 6.18 Å². The summed E-state index contributed by atoms with van der Waals surface area (Å²) in [4.78, 5) is 10.6. The van der Waals surface area contributed by atoms with E-state index in [1.807, 2.05) is 0 Å². The van der Waals surface area contributed by atoms with Crippen molar-refractivity contribution in [3.8, 4) is 5.75 Å². The summed E-state index contributed by atoms with van der Waals surface area (Å²) in [5.74, 6) is -1.12. The lowest BCUT2D eigenvalue weighted by Gasteiger charge is -2.47. The molecule has 4 heterocycles. The molecule has 4 unspecified atom stereocenters. The fourth-order valence-corrected chi connectivity index (χ4v) is 6.00. The first-order valence-electron chi connectivity index (χ1n) is 13.0. The fourth-order valence-electron chi connectivity index (χ4n) is 6.00. The van der Waals surface area contributed by atoms with Gasteiger partial charge in [0.1, 0.15) is 18.0 Å². The highest BCUT2D eigenvalue weighted by Crippen LogP contribution is 2.40. The maximum atomic E-state index is 14.6. The van der Waals surface area contributed by atoms with Crippen LogP contribution in [0.25, 0.3) is 0 Å². The quantitative estimate of drug-likeness (QED) is 0.431. The lowest BCUT2D eigenvalue weighted by molar-refractivity contribution is -0.139. The zero-order valence-corrected chi connectivity index (χ0v) is 21.4. The summed E-state index contributed by atoms with van der Waals surface area (Å²) in [5.41, 5.74) is -1.03. The Bertz CT molecular complexity index is 1150. The van der Waals surface area contributed by atoms with Crippen LogP contribution in [0.15, 0.2) is 24.4 Å². The lowest BCUT2D eigenvalue weighted by atomic mass is 9.84. The maximum absolute atomic E-state index is 14.6. The largest absolute Gasteiger partial charge is 0.487 e. The molecule has 5 rings (SSSR count). The number of hydrogen-bond donors (Lipinski definition) is 3. The highest BCUT2D eigenvalue weighted by Gasteiger charge is 2.43. The number of nitrogens with one attached hydrogen (secondary N) is 3. The number of fused-ring (bicyclic) bond motifs is 1. The van der Waals surface area contributed by atoms with Gasteiger partial charge in [-0.2, -0.15) is 18.2 Å². The van der Waals surface area contributed by atoms with Gasteiger partial charge in [0, 0.05) is 29.9 Å². The second-order valence-corrected chi connectivity index (χ2v) is 11.0. The van der Waals surface area contributed by atoms with Gasteiger partial charge in [-0.05, 0) is 77.2 Å². The molecule has 1 aromatic heterocycles. The molecule has 1 aromatic carbocycles. The first-order chi connectivity index (χ1) is 18.0. The number of piperidine rings is 2. The molecule has 2 aromatic rings. The van der Waals surface area contributed by atoms with Crippen LogP contribution in [0.5, 0.6) is 5.75 Å². The van der Waals surface area contributed by atoms with E-state index in [1.54, 1.807) is 0 Å². The molecule has 3 aliphatic heterocycles. The van der Waals surface area contributed by atoms with E-state index in [9.17, 15) is 22.0 Å². The average Bonchev–Trinajstić information content (AvgIpc) is 3.32. The molecule has 3 N–H and O–H groups in total. The molecule has 0 bridgehead atoms. The highest BCUT2D eigenvalue weighted by atomic mass is 19.4. The van der Waals surface area contributed by atoms with Gasteiger partial charge in [-0.1, -0.05) is 0 Å². The number of alkyl halides is 4. The molecule has 0 spiro atoms. The van der Waals surface area contributed by atoms with Crippen LogP contribution in [0.2, 0.25) is 0 Å². The molecular weight excluding hydrogens is 507 g/mol. The Morgan fingerprint density at radius 3 is 2.79 bits per heavy atom. The number of ether oxygens (including phenoxy) is 1. The van der Waals surface area contributed by atoms with E-state index < -0.39 is 35.6 Å². The van der Waals surface area contributed by atoms with Crippen LogP contribution in [-0.2, 0) is 6.18 Å². The van der Waals surface area contributed by atoms with Crippen molar-refractivity contribution in [1.29, 1.82) is 0 Å². The van der Waals surface area contributed by atoms with Gasteiger partial charge in [-0.3, -0.25) is 4.90 Å². The minimum Gasteiger partial charge on any atom is -0.487 e. The third-order valence-electron chi connectivity index (χ3n) is 7.71. The third-order valence-corrected chi connectivity index (χ3v) is 7.71. The summed E-state index contributed by atoms with van der Waals surface area (Å²) in [5, 5.41) is 8.79. The van der Waals surface area contributed by atoms with Crippen molar-refractivity contribution < 1.29 is 26.7 Å². The SMILES string of the molecule is CC1(C)CC(Nc2nc(Nc3ccc(OC4CCNCC4F)c(C(F)(F)F)c3)ncc2F)CC2CCCN21. The molecule has 3 saturated heterocycles. The van der Waals surface area contributed by atoms with Crippen molar-refractivity contribution in [1.82, 2.24) is 20.2 Å². The molecule has 0 aliphatic carbocycles. The predicted octanol–water partition coefficient (Wildman–Crippen LogP) is 5.27. The van der Waals surface area contributed by atoms with Crippen molar-refractivity contribution >= 4 is 17.5 Å². The average molecular weight is 541 g/mol. The Morgan fingerprint density at radius 2 is 2.03 bits per heavy atom. The summed E-state index contributed by atoms with van der Waals surface area (Å²) in [6.07, 6.45) is -1.93. The van der Waals surface area contributed by atoms with Crippen LogP contribution in [-0.4, -0.2) is 64.4 Å². The molecule has 7 nitrogen and oxygen atoms in total. The monoisotopic (exact) mass is 540 g/mol. The topological polar surface area (TPSA) is 74.3 Å². The van der Waals surface area contributed by atoms with Crippen LogP contribution in [0.3, 0.4) is 0 Å². The van der Waals surface area contributed by atoms with Gasteiger partial charge < -0.3 is 20.7 Å². The number of anilines is 3. The first-order valence-corrected chi connectivity index (χ1v) is 13.0. The Hall–Kier alpha value is -2.73. The van der Waals surface area contributed by atoms with Crippen molar-refractivity contribution in [2.45, 2.75) is 82.0 Å². The van der Waals surface area contributed by atoms with Gasteiger partial charge in [0.15, 0.2) is 11.6 Å². The summed E-state index contributed by atoms with van der Waals surface area (Å²) in [7, 11) is 0. The summed E-state index contributed by atoms with van der Waals surface area (Å²) in [6.45, 7) is 5.93. The molecular formula is C26H33F5N6O. The number of hydrogen-bond acceptors (Lipinski definition) is 7. The van der Waals surface area contributed by atoms with E-state index in [-0.39, 0.29) is 42.0 Å². The number of rotatable bonds is 6. The third kappa shape index (κ3) is 5.80. The summed E-state index contributed by atoms with van der Waals surface area (Å²) < 4.78 is 75.7. The Labute approximate surface area is 218 Å². The summed E-state index contributed by atoms with van der Waals surface area (Å²) in [6, 6.07) is 3.82. The smallest absolute Gasteiger partial charge is 0.420 e. The Balaban J connectivity index is 1.32.